The topological polar surface area (TPSA) is 78.4 Å². The highest BCUT2D eigenvalue weighted by Crippen LogP contribution is 2.66. The Bertz CT molecular complexity index is 702. The van der Waals surface area contributed by atoms with Gasteiger partial charge in [-0.25, -0.2) is 0 Å². The van der Waals surface area contributed by atoms with Crippen LogP contribution >= 0.6 is 0 Å². The maximum Gasteiger partial charge on any atom is 0.243 e. The van der Waals surface area contributed by atoms with E-state index in [4.69, 9.17) is 0 Å². The van der Waals surface area contributed by atoms with E-state index < -0.39 is 6.10 Å². The molecule has 7 atom stereocenters. The third-order valence-corrected chi connectivity index (χ3v) is 8.66. The number of carbonyl (C=O) groups excluding carboxylic acids is 2. The van der Waals surface area contributed by atoms with Gasteiger partial charge in [0.2, 0.25) is 11.8 Å². The van der Waals surface area contributed by atoms with Gasteiger partial charge in [0.15, 0.2) is 0 Å². The standard InChI is InChI=1S/C23H36N2O3/c1-13(2)25-21(28)17-8-7-16-15-6-5-14-11-19(27)24-10-9-22(14,3)20(15)18(26)12-23(16,17)4/h11,13,15-18,20,26H,5-10,12H2,1-4H3,(H,24,27)(H,25,28)/t15?,16?,17-,18+,20?,22+,23+/m1/s1. The second-order valence-electron chi connectivity index (χ2n) is 10.5. The molecule has 2 amide bonds. The van der Waals surface area contributed by atoms with Crippen molar-refractivity contribution in [3.05, 3.63) is 11.6 Å². The third kappa shape index (κ3) is 2.92. The van der Waals surface area contributed by atoms with Crippen molar-refractivity contribution in [2.75, 3.05) is 6.54 Å². The highest BCUT2D eigenvalue weighted by atomic mass is 16.3. The van der Waals surface area contributed by atoms with Gasteiger partial charge >= 0.3 is 0 Å². The van der Waals surface area contributed by atoms with Crippen LogP contribution in [0, 0.1) is 34.5 Å². The van der Waals surface area contributed by atoms with E-state index in [1.165, 1.54) is 5.57 Å². The SMILES string of the molecule is CC(C)NC(=O)[C@H]1CCC2C3CCC4=CC(=O)NCC[C@]4(C)C3[C@@H](O)C[C@@]21C. The molecule has 3 fully saturated rings. The van der Waals surface area contributed by atoms with Gasteiger partial charge in [-0.1, -0.05) is 19.4 Å². The van der Waals surface area contributed by atoms with E-state index in [1.807, 2.05) is 13.8 Å². The van der Waals surface area contributed by atoms with Gasteiger partial charge in [-0.2, -0.15) is 0 Å². The lowest BCUT2D eigenvalue weighted by atomic mass is 9.47. The van der Waals surface area contributed by atoms with Gasteiger partial charge < -0.3 is 15.7 Å². The molecule has 4 rings (SSSR count). The van der Waals surface area contributed by atoms with E-state index >= 15 is 0 Å². The Morgan fingerprint density at radius 3 is 2.75 bits per heavy atom. The Hall–Kier alpha value is -1.36. The summed E-state index contributed by atoms with van der Waals surface area (Å²) in [7, 11) is 0. The molecule has 0 radical (unpaired) electrons. The van der Waals surface area contributed by atoms with E-state index in [0.717, 1.165) is 32.1 Å². The fourth-order valence-electron chi connectivity index (χ4n) is 7.51. The molecule has 1 heterocycles. The van der Waals surface area contributed by atoms with Gasteiger partial charge in [0.1, 0.15) is 0 Å². The summed E-state index contributed by atoms with van der Waals surface area (Å²) in [6.45, 7) is 9.21. The first-order chi connectivity index (χ1) is 13.2. The normalized spacial score (nSPS) is 45.3. The van der Waals surface area contributed by atoms with Crippen molar-refractivity contribution < 1.29 is 14.7 Å². The molecule has 156 valence electrons. The first-order valence-corrected chi connectivity index (χ1v) is 11.1. The lowest BCUT2D eigenvalue weighted by molar-refractivity contribution is -0.144. The predicted octanol–water partition coefficient (Wildman–Crippen LogP) is 2.79. The van der Waals surface area contributed by atoms with Gasteiger partial charge in [-0.15, -0.1) is 0 Å². The molecule has 0 aromatic heterocycles. The molecule has 3 aliphatic carbocycles. The summed E-state index contributed by atoms with van der Waals surface area (Å²) >= 11 is 0. The van der Waals surface area contributed by atoms with Crippen LogP contribution in [0.3, 0.4) is 0 Å². The number of aliphatic hydroxyl groups is 1. The van der Waals surface area contributed by atoms with Gasteiger partial charge in [-0.05, 0) is 81.0 Å². The molecular formula is C23H36N2O3. The minimum absolute atomic E-state index is 0.00220. The molecule has 0 spiro atoms. The molecule has 0 bridgehead atoms. The number of hydrogen-bond acceptors (Lipinski definition) is 3. The fraction of sp³-hybridized carbons (Fsp3) is 0.826. The minimum Gasteiger partial charge on any atom is -0.393 e. The second-order valence-corrected chi connectivity index (χ2v) is 10.5. The average Bonchev–Trinajstić information content (AvgIpc) is 2.84. The summed E-state index contributed by atoms with van der Waals surface area (Å²) in [5.74, 6) is 1.27. The summed E-state index contributed by atoms with van der Waals surface area (Å²) in [4.78, 5) is 25.0. The zero-order chi connectivity index (χ0) is 20.3. The van der Waals surface area contributed by atoms with Crippen molar-refractivity contribution >= 4 is 11.8 Å². The average molecular weight is 389 g/mol. The van der Waals surface area contributed by atoms with Crippen molar-refractivity contribution in [2.45, 2.75) is 78.4 Å². The molecule has 1 aliphatic heterocycles. The van der Waals surface area contributed by atoms with Crippen LogP contribution in [-0.2, 0) is 9.59 Å². The summed E-state index contributed by atoms with van der Waals surface area (Å²) in [5, 5.41) is 17.5. The van der Waals surface area contributed by atoms with E-state index in [2.05, 4.69) is 24.5 Å². The van der Waals surface area contributed by atoms with E-state index in [-0.39, 0.29) is 40.5 Å². The van der Waals surface area contributed by atoms with E-state index in [9.17, 15) is 14.7 Å². The maximum atomic E-state index is 12.9. The third-order valence-electron chi connectivity index (χ3n) is 8.66. The largest absolute Gasteiger partial charge is 0.393 e. The Labute approximate surface area is 168 Å². The number of amides is 2. The highest BCUT2D eigenvalue weighted by Gasteiger charge is 2.62. The van der Waals surface area contributed by atoms with Crippen LogP contribution in [0.2, 0.25) is 0 Å². The van der Waals surface area contributed by atoms with Crippen LogP contribution in [-0.4, -0.2) is 35.6 Å². The number of allylic oxidation sites excluding steroid dienone is 1. The van der Waals surface area contributed by atoms with Crippen LogP contribution in [0.15, 0.2) is 11.6 Å². The van der Waals surface area contributed by atoms with Gasteiger partial charge in [0.25, 0.3) is 0 Å². The Morgan fingerprint density at radius 2 is 2.04 bits per heavy atom. The molecule has 28 heavy (non-hydrogen) atoms. The predicted molar refractivity (Wildman–Crippen MR) is 108 cm³/mol. The molecule has 3 saturated carbocycles. The van der Waals surface area contributed by atoms with Gasteiger partial charge in [0, 0.05) is 24.6 Å². The first-order valence-electron chi connectivity index (χ1n) is 11.1. The first kappa shape index (κ1) is 19.9. The fourth-order valence-corrected chi connectivity index (χ4v) is 7.51. The Balaban J connectivity index is 1.65. The lowest BCUT2D eigenvalue weighted by Crippen LogP contribution is -2.57. The maximum absolute atomic E-state index is 12.9. The van der Waals surface area contributed by atoms with Crippen molar-refractivity contribution in [2.24, 2.45) is 34.5 Å². The van der Waals surface area contributed by atoms with Crippen LogP contribution in [0.5, 0.6) is 0 Å². The van der Waals surface area contributed by atoms with Crippen LogP contribution in [0.4, 0.5) is 0 Å². The molecule has 5 nitrogen and oxygen atoms in total. The second kappa shape index (κ2) is 6.86. The number of fused-ring (bicyclic) bond motifs is 5. The zero-order valence-corrected chi connectivity index (χ0v) is 17.8. The van der Waals surface area contributed by atoms with Crippen molar-refractivity contribution in [1.29, 1.82) is 0 Å². The zero-order valence-electron chi connectivity index (χ0n) is 17.8. The Morgan fingerprint density at radius 1 is 1.29 bits per heavy atom. The number of nitrogens with one attached hydrogen (secondary N) is 2. The summed E-state index contributed by atoms with van der Waals surface area (Å²) in [6, 6.07) is 0.147. The number of hydrogen-bond donors (Lipinski definition) is 3. The van der Waals surface area contributed by atoms with Crippen molar-refractivity contribution in [3.8, 4) is 0 Å². The molecule has 3 N–H and O–H groups in total. The summed E-state index contributed by atoms with van der Waals surface area (Å²) in [6.07, 6.45) is 6.94. The lowest BCUT2D eigenvalue weighted by Gasteiger charge is -2.59. The van der Waals surface area contributed by atoms with Crippen molar-refractivity contribution in [1.82, 2.24) is 10.6 Å². The van der Waals surface area contributed by atoms with Crippen LogP contribution in [0.1, 0.15) is 66.2 Å². The molecule has 0 aromatic carbocycles. The van der Waals surface area contributed by atoms with E-state index in [1.54, 1.807) is 6.08 Å². The summed E-state index contributed by atoms with van der Waals surface area (Å²) in [5.41, 5.74) is 0.968. The number of aliphatic hydroxyl groups excluding tert-OH is 1. The summed E-state index contributed by atoms with van der Waals surface area (Å²) < 4.78 is 0. The molecule has 3 unspecified atom stereocenters. The number of carbonyl (C=O) groups is 2. The molecule has 5 heteroatoms. The van der Waals surface area contributed by atoms with Gasteiger partial charge in [-0.3, -0.25) is 9.59 Å². The number of rotatable bonds is 2. The van der Waals surface area contributed by atoms with Crippen LogP contribution < -0.4 is 10.6 Å². The van der Waals surface area contributed by atoms with Crippen molar-refractivity contribution in [3.63, 3.8) is 0 Å². The quantitative estimate of drug-likeness (QED) is 0.681. The smallest absolute Gasteiger partial charge is 0.243 e. The highest BCUT2D eigenvalue weighted by molar-refractivity contribution is 5.88. The van der Waals surface area contributed by atoms with E-state index in [0.29, 0.717) is 24.8 Å². The Kier molecular flexibility index (Phi) is 4.88. The van der Waals surface area contributed by atoms with Gasteiger partial charge in [0.05, 0.1) is 6.10 Å². The molecular weight excluding hydrogens is 352 g/mol. The molecule has 0 saturated heterocycles. The molecule has 0 aromatic rings. The van der Waals surface area contributed by atoms with Crippen LogP contribution in [0.25, 0.3) is 0 Å². The monoisotopic (exact) mass is 388 g/mol. The minimum atomic E-state index is -0.416. The molecule has 4 aliphatic rings.